The Kier molecular flexibility index (Phi) is 4.50. The molecule has 1 aliphatic rings. The normalized spacial score (nSPS) is 24.3. The van der Waals surface area contributed by atoms with Crippen molar-refractivity contribution in [3.63, 3.8) is 0 Å². The summed E-state index contributed by atoms with van der Waals surface area (Å²) in [5, 5.41) is 9.42. The highest BCUT2D eigenvalue weighted by Gasteiger charge is 2.32. The van der Waals surface area contributed by atoms with Crippen molar-refractivity contribution in [2.45, 2.75) is 25.0 Å². The molecule has 1 saturated heterocycles. The van der Waals surface area contributed by atoms with E-state index in [-0.39, 0.29) is 12.6 Å². The lowest BCUT2D eigenvalue weighted by molar-refractivity contribution is 0.153. The lowest BCUT2D eigenvalue weighted by Crippen LogP contribution is -2.33. The van der Waals surface area contributed by atoms with Crippen molar-refractivity contribution < 1.29 is 13.9 Å². The molecule has 0 bridgehead atoms. The molecule has 0 radical (unpaired) electrons. The minimum absolute atomic E-state index is 0.0838. The van der Waals surface area contributed by atoms with Crippen LogP contribution in [0.1, 0.15) is 12.0 Å². The van der Waals surface area contributed by atoms with Crippen LogP contribution in [0.15, 0.2) is 18.2 Å². The van der Waals surface area contributed by atoms with Crippen LogP contribution in [-0.4, -0.2) is 54.2 Å². The molecule has 106 valence electrons. The Morgan fingerprint density at radius 2 is 2.05 bits per heavy atom. The Labute approximate surface area is 112 Å². The van der Waals surface area contributed by atoms with Crippen LogP contribution in [0.2, 0.25) is 0 Å². The zero-order valence-corrected chi connectivity index (χ0v) is 11.3. The summed E-state index contributed by atoms with van der Waals surface area (Å²) in [5.41, 5.74) is 0.733. The van der Waals surface area contributed by atoms with E-state index in [1.54, 1.807) is 6.07 Å². The Morgan fingerprint density at radius 1 is 1.32 bits per heavy atom. The van der Waals surface area contributed by atoms with Crippen LogP contribution in [0.4, 0.5) is 8.78 Å². The third kappa shape index (κ3) is 3.29. The van der Waals surface area contributed by atoms with E-state index >= 15 is 0 Å². The van der Waals surface area contributed by atoms with Gasteiger partial charge < -0.3 is 10.0 Å². The number of nitrogens with zero attached hydrogens (tertiary/aromatic N) is 2. The molecular formula is C14H20F2N2O. The van der Waals surface area contributed by atoms with Gasteiger partial charge in [0, 0.05) is 25.2 Å². The van der Waals surface area contributed by atoms with Gasteiger partial charge in [-0.2, -0.15) is 0 Å². The molecule has 2 rings (SSSR count). The Bertz CT molecular complexity index is 439. The standard InChI is InChI=1S/C14H20F2N2O/c1-17(2)11-6-12(9-19)18(8-11)7-10-3-4-13(15)14(16)5-10/h3-5,11-12,19H,6-9H2,1-2H3/t11-,12+/m1/s1. The van der Waals surface area contributed by atoms with Crippen molar-refractivity contribution in [3.8, 4) is 0 Å². The van der Waals surface area contributed by atoms with Gasteiger partial charge in [-0.05, 0) is 38.2 Å². The van der Waals surface area contributed by atoms with E-state index in [9.17, 15) is 13.9 Å². The average molecular weight is 270 g/mol. The maximum absolute atomic E-state index is 13.2. The average Bonchev–Trinajstić information content (AvgIpc) is 2.77. The number of aliphatic hydroxyl groups excluding tert-OH is 1. The van der Waals surface area contributed by atoms with E-state index < -0.39 is 11.6 Å². The molecular weight excluding hydrogens is 250 g/mol. The highest BCUT2D eigenvalue weighted by atomic mass is 19.2. The van der Waals surface area contributed by atoms with Crippen LogP contribution in [0.3, 0.4) is 0 Å². The number of likely N-dealkylation sites (tertiary alicyclic amines) is 1. The lowest BCUT2D eigenvalue weighted by atomic mass is 10.1. The third-order valence-electron chi connectivity index (χ3n) is 3.82. The van der Waals surface area contributed by atoms with Gasteiger partial charge in [-0.15, -0.1) is 0 Å². The van der Waals surface area contributed by atoms with Crippen LogP contribution in [-0.2, 0) is 6.54 Å². The Balaban J connectivity index is 2.06. The summed E-state index contributed by atoms with van der Waals surface area (Å²) in [6.07, 6.45) is 0.896. The fourth-order valence-corrected chi connectivity index (χ4v) is 2.59. The summed E-state index contributed by atoms with van der Waals surface area (Å²) >= 11 is 0. The van der Waals surface area contributed by atoms with Crippen molar-refractivity contribution in [2.24, 2.45) is 0 Å². The van der Waals surface area contributed by atoms with Gasteiger partial charge in [0.25, 0.3) is 0 Å². The van der Waals surface area contributed by atoms with E-state index in [2.05, 4.69) is 9.80 Å². The smallest absolute Gasteiger partial charge is 0.159 e. The molecule has 0 aromatic heterocycles. The molecule has 1 aromatic rings. The van der Waals surface area contributed by atoms with Crippen molar-refractivity contribution >= 4 is 0 Å². The molecule has 1 aliphatic heterocycles. The number of hydrogen-bond acceptors (Lipinski definition) is 3. The van der Waals surface area contributed by atoms with Crippen LogP contribution in [0.25, 0.3) is 0 Å². The summed E-state index contributed by atoms with van der Waals surface area (Å²) < 4.78 is 26.1. The predicted octanol–water partition coefficient (Wildman–Crippen LogP) is 1.46. The third-order valence-corrected chi connectivity index (χ3v) is 3.82. The first-order valence-electron chi connectivity index (χ1n) is 6.46. The first-order chi connectivity index (χ1) is 9.01. The van der Waals surface area contributed by atoms with Gasteiger partial charge in [-0.3, -0.25) is 4.90 Å². The number of aliphatic hydroxyl groups is 1. The molecule has 3 nitrogen and oxygen atoms in total. The van der Waals surface area contributed by atoms with Crippen LogP contribution < -0.4 is 0 Å². The predicted molar refractivity (Wildman–Crippen MR) is 69.7 cm³/mol. The van der Waals surface area contributed by atoms with Crippen molar-refractivity contribution in [3.05, 3.63) is 35.4 Å². The van der Waals surface area contributed by atoms with Crippen molar-refractivity contribution in [2.75, 3.05) is 27.2 Å². The number of likely N-dealkylation sites (N-methyl/N-ethyl adjacent to an activating group) is 1. The number of hydrogen-bond donors (Lipinski definition) is 1. The van der Waals surface area contributed by atoms with Gasteiger partial charge in [0.1, 0.15) is 0 Å². The summed E-state index contributed by atoms with van der Waals surface area (Å²) in [6.45, 7) is 1.46. The maximum Gasteiger partial charge on any atom is 0.159 e. The zero-order valence-electron chi connectivity index (χ0n) is 11.3. The first-order valence-corrected chi connectivity index (χ1v) is 6.46. The maximum atomic E-state index is 13.2. The quantitative estimate of drug-likeness (QED) is 0.897. The van der Waals surface area contributed by atoms with Crippen LogP contribution >= 0.6 is 0 Å². The molecule has 5 heteroatoms. The molecule has 0 unspecified atom stereocenters. The second-order valence-corrected chi connectivity index (χ2v) is 5.37. The SMILES string of the molecule is CN(C)[C@@H]1C[C@@H](CO)N(Cc2ccc(F)c(F)c2)C1. The molecule has 0 saturated carbocycles. The molecule has 2 atom stereocenters. The summed E-state index contributed by atoms with van der Waals surface area (Å²) in [7, 11) is 4.03. The second-order valence-electron chi connectivity index (χ2n) is 5.37. The van der Waals surface area contributed by atoms with Crippen molar-refractivity contribution in [1.82, 2.24) is 9.80 Å². The van der Waals surface area contributed by atoms with Gasteiger partial charge >= 0.3 is 0 Å². The monoisotopic (exact) mass is 270 g/mol. The highest BCUT2D eigenvalue weighted by Crippen LogP contribution is 2.23. The van der Waals surface area contributed by atoms with Crippen LogP contribution in [0, 0.1) is 11.6 Å². The van der Waals surface area contributed by atoms with Gasteiger partial charge in [0.15, 0.2) is 11.6 Å². The molecule has 1 aromatic carbocycles. The fraction of sp³-hybridized carbons (Fsp3) is 0.571. The molecule has 1 N–H and O–H groups in total. The molecule has 19 heavy (non-hydrogen) atoms. The fourth-order valence-electron chi connectivity index (χ4n) is 2.59. The van der Waals surface area contributed by atoms with Gasteiger partial charge in [-0.1, -0.05) is 6.07 Å². The zero-order chi connectivity index (χ0) is 14.0. The molecule has 0 spiro atoms. The van der Waals surface area contributed by atoms with E-state index in [4.69, 9.17) is 0 Å². The summed E-state index contributed by atoms with van der Waals surface area (Å²) in [4.78, 5) is 4.26. The number of rotatable bonds is 4. The van der Waals surface area contributed by atoms with E-state index in [0.29, 0.717) is 12.6 Å². The topological polar surface area (TPSA) is 26.7 Å². The van der Waals surface area contributed by atoms with E-state index in [0.717, 1.165) is 24.6 Å². The molecule has 1 heterocycles. The Hall–Kier alpha value is -1.04. The van der Waals surface area contributed by atoms with E-state index in [1.165, 1.54) is 6.07 Å². The molecule has 0 amide bonds. The van der Waals surface area contributed by atoms with Crippen LogP contribution in [0.5, 0.6) is 0 Å². The summed E-state index contributed by atoms with van der Waals surface area (Å²) in [6, 6.07) is 4.45. The van der Waals surface area contributed by atoms with E-state index in [1.807, 2.05) is 14.1 Å². The molecule has 0 aliphatic carbocycles. The Morgan fingerprint density at radius 3 is 2.63 bits per heavy atom. The minimum atomic E-state index is -0.824. The lowest BCUT2D eigenvalue weighted by Gasteiger charge is -2.23. The largest absolute Gasteiger partial charge is 0.395 e. The number of halogens is 2. The highest BCUT2D eigenvalue weighted by molar-refractivity contribution is 5.18. The first kappa shape index (κ1) is 14.4. The van der Waals surface area contributed by atoms with Gasteiger partial charge in [0.2, 0.25) is 0 Å². The van der Waals surface area contributed by atoms with Crippen molar-refractivity contribution in [1.29, 1.82) is 0 Å². The number of benzene rings is 1. The second kappa shape index (κ2) is 5.94. The summed E-state index contributed by atoms with van der Waals surface area (Å²) in [5.74, 6) is -1.64. The minimum Gasteiger partial charge on any atom is -0.395 e. The van der Waals surface area contributed by atoms with Gasteiger partial charge in [-0.25, -0.2) is 8.78 Å². The molecule has 1 fully saturated rings. The van der Waals surface area contributed by atoms with Gasteiger partial charge in [0.05, 0.1) is 6.61 Å².